The third-order valence-electron chi connectivity index (χ3n) is 9.19. The zero-order chi connectivity index (χ0) is 28.2. The zero-order valence-electron chi connectivity index (χ0n) is 24.7. The maximum absolute atomic E-state index is 14.1. The third kappa shape index (κ3) is 6.43. The number of aromatic nitrogens is 2. The third-order valence-corrected chi connectivity index (χ3v) is 9.19. The highest BCUT2D eigenvalue weighted by molar-refractivity contribution is 5.95. The molecule has 0 aliphatic heterocycles. The van der Waals surface area contributed by atoms with E-state index in [0.29, 0.717) is 17.9 Å². The smallest absolute Gasteiger partial charge is 0.230 e. The summed E-state index contributed by atoms with van der Waals surface area (Å²) in [5.41, 5.74) is 12.0. The van der Waals surface area contributed by atoms with E-state index < -0.39 is 0 Å². The van der Waals surface area contributed by atoms with Gasteiger partial charge in [0.2, 0.25) is 5.91 Å². The van der Waals surface area contributed by atoms with Crippen LogP contribution < -0.4 is 15.4 Å². The van der Waals surface area contributed by atoms with Crippen molar-refractivity contribution in [3.8, 4) is 16.9 Å². The molecule has 2 aromatic carbocycles. The van der Waals surface area contributed by atoms with Crippen LogP contribution in [0.25, 0.3) is 11.1 Å². The minimum atomic E-state index is 0.0609. The molecule has 2 fully saturated rings. The van der Waals surface area contributed by atoms with Gasteiger partial charge >= 0.3 is 0 Å². The molecule has 5 rings (SSSR count). The summed E-state index contributed by atoms with van der Waals surface area (Å²) >= 11 is 0. The van der Waals surface area contributed by atoms with E-state index in [4.69, 9.17) is 10.5 Å². The number of ether oxygens (including phenoxy) is 1. The van der Waals surface area contributed by atoms with Crippen LogP contribution in [0.3, 0.4) is 0 Å². The van der Waals surface area contributed by atoms with Gasteiger partial charge in [-0.25, -0.2) is 0 Å². The molecule has 0 radical (unpaired) electrons. The van der Waals surface area contributed by atoms with Gasteiger partial charge in [-0.3, -0.25) is 9.48 Å². The Morgan fingerprint density at radius 1 is 1.02 bits per heavy atom. The molecule has 1 heterocycles. The number of nitrogens with two attached hydrogens (primary N) is 1. The van der Waals surface area contributed by atoms with E-state index in [-0.39, 0.29) is 17.9 Å². The summed E-state index contributed by atoms with van der Waals surface area (Å²) in [6.45, 7) is 7.17. The Kier molecular flexibility index (Phi) is 8.94. The normalized spacial score (nSPS) is 23.2. The lowest BCUT2D eigenvalue weighted by molar-refractivity contribution is -0.123. The van der Waals surface area contributed by atoms with Crippen molar-refractivity contribution >= 4 is 11.6 Å². The Bertz CT molecular complexity index is 1280. The first-order chi connectivity index (χ1) is 19.3. The second-order valence-electron chi connectivity index (χ2n) is 12.4. The number of carbonyl (C=O) groups is 1. The van der Waals surface area contributed by atoms with Gasteiger partial charge in [-0.15, -0.1) is 0 Å². The fourth-order valence-electron chi connectivity index (χ4n) is 6.62. The Hall–Kier alpha value is -3.12. The molecule has 0 atom stereocenters. The summed E-state index contributed by atoms with van der Waals surface area (Å²) in [4.78, 5) is 16.2. The fourth-order valence-corrected chi connectivity index (χ4v) is 6.62. The van der Waals surface area contributed by atoms with Crippen molar-refractivity contribution in [2.45, 2.75) is 90.1 Å². The molecule has 0 bridgehead atoms. The van der Waals surface area contributed by atoms with Crippen LogP contribution in [0.2, 0.25) is 0 Å². The highest BCUT2D eigenvalue weighted by Gasteiger charge is 2.32. The number of benzene rings is 2. The van der Waals surface area contributed by atoms with E-state index in [1.807, 2.05) is 10.9 Å². The number of hydrogen-bond donors (Lipinski definition) is 1. The van der Waals surface area contributed by atoms with Gasteiger partial charge in [0.1, 0.15) is 5.75 Å². The molecule has 2 N–H and O–H groups in total. The lowest BCUT2D eigenvalue weighted by Gasteiger charge is -2.36. The number of nitrogens with zero attached hydrogens (tertiary/aromatic N) is 3. The van der Waals surface area contributed by atoms with E-state index in [0.717, 1.165) is 80.5 Å². The van der Waals surface area contributed by atoms with Crippen LogP contribution in [-0.2, 0) is 4.79 Å². The largest absolute Gasteiger partial charge is 0.496 e. The number of aryl methyl sites for hydroxylation is 1. The molecular weight excluding hydrogens is 496 g/mol. The standard InChI is InChI=1S/C34H46N4O2/c1-23(2)38-22-30(20-36-38)28-6-5-7-32(19-28)37(34(39)27-12-15-31(35)16-13-27)21-25-8-10-26(11-9-25)29-14-17-33(40-4)24(3)18-29/h5-7,14,17-20,22-23,25-27,31H,8-13,15-16,21,35H2,1-4H3/t25-,26-,27-,31-. The molecule has 6 nitrogen and oxygen atoms in total. The Labute approximate surface area is 239 Å². The number of carbonyl (C=O) groups excluding carboxylic acids is 1. The van der Waals surface area contributed by atoms with Crippen molar-refractivity contribution in [3.05, 3.63) is 66.0 Å². The Morgan fingerprint density at radius 2 is 1.77 bits per heavy atom. The van der Waals surface area contributed by atoms with Crippen molar-refractivity contribution in [1.29, 1.82) is 0 Å². The average molecular weight is 543 g/mol. The summed E-state index contributed by atoms with van der Waals surface area (Å²) in [6, 6.07) is 15.7. The van der Waals surface area contributed by atoms with Crippen molar-refractivity contribution in [2.75, 3.05) is 18.6 Å². The molecule has 1 amide bonds. The SMILES string of the molecule is COc1ccc([C@H]2CC[C@H](CN(c3cccc(-c4cnn(C(C)C)c4)c3)C(=O)[C@H]3CC[C@H](N)CC3)CC2)cc1C. The first-order valence-corrected chi connectivity index (χ1v) is 15.2. The van der Waals surface area contributed by atoms with Crippen molar-refractivity contribution in [1.82, 2.24) is 9.78 Å². The average Bonchev–Trinajstić information content (AvgIpc) is 3.47. The number of hydrogen-bond acceptors (Lipinski definition) is 4. The number of rotatable bonds is 8. The van der Waals surface area contributed by atoms with E-state index >= 15 is 0 Å². The molecule has 1 aromatic heterocycles. The zero-order valence-corrected chi connectivity index (χ0v) is 24.7. The minimum absolute atomic E-state index is 0.0609. The van der Waals surface area contributed by atoms with E-state index in [1.165, 1.54) is 11.1 Å². The quantitative estimate of drug-likeness (QED) is 0.325. The van der Waals surface area contributed by atoms with Crippen LogP contribution in [0, 0.1) is 18.8 Å². The summed E-state index contributed by atoms with van der Waals surface area (Å²) in [6.07, 6.45) is 12.3. The maximum Gasteiger partial charge on any atom is 0.230 e. The molecule has 0 unspecified atom stereocenters. The summed E-state index contributed by atoms with van der Waals surface area (Å²) in [5, 5.41) is 4.54. The van der Waals surface area contributed by atoms with Gasteiger partial charge in [0.05, 0.1) is 13.3 Å². The van der Waals surface area contributed by atoms with E-state index in [2.05, 4.69) is 79.4 Å². The van der Waals surface area contributed by atoms with Crippen LogP contribution in [-0.4, -0.2) is 35.4 Å². The van der Waals surface area contributed by atoms with Gasteiger partial charge in [-0.05, 0) is 119 Å². The molecule has 214 valence electrons. The molecule has 3 aromatic rings. The highest BCUT2D eigenvalue weighted by atomic mass is 16.5. The van der Waals surface area contributed by atoms with Crippen LogP contribution in [0.5, 0.6) is 5.75 Å². The number of amides is 1. The van der Waals surface area contributed by atoms with E-state index in [9.17, 15) is 4.79 Å². The van der Waals surface area contributed by atoms with Crippen molar-refractivity contribution in [2.24, 2.45) is 17.6 Å². The number of anilines is 1. The first kappa shape index (κ1) is 28.4. The second-order valence-corrected chi connectivity index (χ2v) is 12.4. The van der Waals surface area contributed by atoms with E-state index in [1.54, 1.807) is 7.11 Å². The fraction of sp³-hybridized carbons (Fsp3) is 0.529. The first-order valence-electron chi connectivity index (χ1n) is 15.2. The van der Waals surface area contributed by atoms with Crippen molar-refractivity contribution in [3.63, 3.8) is 0 Å². The minimum Gasteiger partial charge on any atom is -0.496 e. The molecular formula is C34H46N4O2. The van der Waals surface area contributed by atoms with Gasteiger partial charge in [0, 0.05) is 42.0 Å². The summed E-state index contributed by atoms with van der Waals surface area (Å²) < 4.78 is 7.45. The molecule has 2 saturated carbocycles. The van der Waals surface area contributed by atoms with Crippen LogP contribution in [0.1, 0.15) is 88.3 Å². The molecule has 40 heavy (non-hydrogen) atoms. The maximum atomic E-state index is 14.1. The van der Waals surface area contributed by atoms with Crippen LogP contribution in [0.15, 0.2) is 54.9 Å². The highest BCUT2D eigenvalue weighted by Crippen LogP contribution is 2.39. The van der Waals surface area contributed by atoms with Gasteiger partial charge in [0.25, 0.3) is 0 Å². The van der Waals surface area contributed by atoms with Crippen LogP contribution >= 0.6 is 0 Å². The van der Waals surface area contributed by atoms with Gasteiger partial charge in [-0.1, -0.05) is 24.3 Å². The monoisotopic (exact) mass is 542 g/mol. The van der Waals surface area contributed by atoms with Gasteiger partial charge in [0.15, 0.2) is 0 Å². The molecule has 6 heteroatoms. The van der Waals surface area contributed by atoms with Crippen LogP contribution in [0.4, 0.5) is 5.69 Å². The number of methoxy groups -OCH3 is 1. The summed E-state index contributed by atoms with van der Waals surface area (Å²) in [7, 11) is 1.73. The lowest BCUT2D eigenvalue weighted by atomic mass is 9.78. The molecule has 2 aliphatic rings. The Morgan fingerprint density at radius 3 is 2.42 bits per heavy atom. The predicted octanol–water partition coefficient (Wildman–Crippen LogP) is 7.27. The van der Waals surface area contributed by atoms with Crippen molar-refractivity contribution < 1.29 is 9.53 Å². The topological polar surface area (TPSA) is 73.4 Å². The van der Waals surface area contributed by atoms with Gasteiger partial charge < -0.3 is 15.4 Å². The molecule has 0 saturated heterocycles. The molecule has 0 spiro atoms. The Balaban J connectivity index is 1.33. The second kappa shape index (κ2) is 12.6. The predicted molar refractivity (Wildman–Crippen MR) is 163 cm³/mol. The van der Waals surface area contributed by atoms with Gasteiger partial charge in [-0.2, -0.15) is 5.10 Å². The molecule has 2 aliphatic carbocycles. The lowest BCUT2D eigenvalue weighted by Crippen LogP contribution is -2.42. The summed E-state index contributed by atoms with van der Waals surface area (Å²) in [5.74, 6) is 2.36.